The van der Waals surface area contributed by atoms with Crippen LogP contribution in [-0.4, -0.2) is 30.3 Å². The highest BCUT2D eigenvalue weighted by molar-refractivity contribution is 7.89. The lowest BCUT2D eigenvalue weighted by molar-refractivity contribution is -0.120. The van der Waals surface area contributed by atoms with E-state index in [1.165, 1.54) is 12.1 Å². The monoisotopic (exact) mass is 510 g/mol. The number of carbonyl (C=O) groups is 1. The van der Waals surface area contributed by atoms with E-state index in [1.807, 2.05) is 30.3 Å². The molecule has 0 spiro atoms. The Morgan fingerprint density at radius 3 is 2.31 bits per heavy atom. The van der Waals surface area contributed by atoms with Crippen molar-refractivity contribution in [1.82, 2.24) is 14.7 Å². The molecule has 4 aromatic rings. The number of rotatable bonds is 6. The van der Waals surface area contributed by atoms with Gasteiger partial charge in [-0.2, -0.15) is 0 Å². The molecule has 0 unspecified atom stereocenters. The summed E-state index contributed by atoms with van der Waals surface area (Å²) >= 11 is 0. The van der Waals surface area contributed by atoms with Crippen LogP contribution in [-0.2, 0) is 14.8 Å². The molecule has 1 aromatic heterocycles. The molecule has 1 amide bonds. The highest BCUT2D eigenvalue weighted by Crippen LogP contribution is 2.28. The molecule has 5 rings (SSSR count). The van der Waals surface area contributed by atoms with Crippen molar-refractivity contribution in [2.75, 3.05) is 5.32 Å². The maximum absolute atomic E-state index is 13.4. The molecule has 0 saturated heterocycles. The fourth-order valence-electron chi connectivity index (χ4n) is 4.52. The first-order valence-corrected chi connectivity index (χ1v) is 13.1. The molecule has 1 saturated carbocycles. The second kappa shape index (κ2) is 9.79. The number of halogens is 2. The lowest BCUT2D eigenvalue weighted by atomic mass is 9.86. The third kappa shape index (κ3) is 5.29. The van der Waals surface area contributed by atoms with Crippen molar-refractivity contribution >= 4 is 32.7 Å². The summed E-state index contributed by atoms with van der Waals surface area (Å²) in [5, 5.41) is 2.55. The van der Waals surface area contributed by atoms with Crippen LogP contribution in [0.3, 0.4) is 0 Å². The van der Waals surface area contributed by atoms with Gasteiger partial charge in [-0.05, 0) is 56.0 Å². The van der Waals surface area contributed by atoms with Gasteiger partial charge in [-0.1, -0.05) is 30.3 Å². The molecule has 186 valence electrons. The van der Waals surface area contributed by atoms with Gasteiger partial charge in [0.2, 0.25) is 15.9 Å². The molecule has 1 aliphatic carbocycles. The molecule has 1 heterocycles. The SMILES string of the molecule is O=C(Nc1cc(F)cc(F)c1)[C@H]1CC[C@H](NS(=O)(=O)c2ccc3[nH]c(-c4ccccc4)nc3c2)CC1. The lowest BCUT2D eigenvalue weighted by Crippen LogP contribution is -2.39. The number of anilines is 1. The number of benzene rings is 3. The zero-order valence-corrected chi connectivity index (χ0v) is 20.0. The zero-order chi connectivity index (χ0) is 25.3. The predicted molar refractivity (Wildman–Crippen MR) is 133 cm³/mol. The van der Waals surface area contributed by atoms with Crippen LogP contribution < -0.4 is 10.0 Å². The molecule has 1 fully saturated rings. The van der Waals surface area contributed by atoms with Crippen molar-refractivity contribution in [2.24, 2.45) is 5.92 Å². The van der Waals surface area contributed by atoms with Gasteiger partial charge in [0.25, 0.3) is 0 Å². The van der Waals surface area contributed by atoms with E-state index in [9.17, 15) is 22.0 Å². The summed E-state index contributed by atoms with van der Waals surface area (Å²) in [4.78, 5) is 20.4. The second-order valence-corrected chi connectivity index (χ2v) is 10.7. The smallest absolute Gasteiger partial charge is 0.240 e. The minimum Gasteiger partial charge on any atom is -0.338 e. The van der Waals surface area contributed by atoms with Crippen molar-refractivity contribution < 1.29 is 22.0 Å². The Morgan fingerprint density at radius 1 is 0.917 bits per heavy atom. The normalized spacial score (nSPS) is 18.3. The number of nitrogens with zero attached hydrogens (tertiary/aromatic N) is 1. The Hall–Kier alpha value is -3.63. The summed E-state index contributed by atoms with van der Waals surface area (Å²) in [7, 11) is -3.79. The van der Waals surface area contributed by atoms with Gasteiger partial charge < -0.3 is 10.3 Å². The van der Waals surface area contributed by atoms with Crippen LogP contribution in [0.2, 0.25) is 0 Å². The molecular formula is C26H24F2N4O3S. The van der Waals surface area contributed by atoms with Gasteiger partial charge in [-0.25, -0.2) is 26.9 Å². The number of nitrogens with one attached hydrogen (secondary N) is 3. The van der Waals surface area contributed by atoms with Gasteiger partial charge >= 0.3 is 0 Å². The van der Waals surface area contributed by atoms with Crippen molar-refractivity contribution in [3.05, 3.63) is 78.4 Å². The van der Waals surface area contributed by atoms with Gasteiger partial charge in [-0.3, -0.25) is 4.79 Å². The number of aromatic nitrogens is 2. The van der Waals surface area contributed by atoms with Crippen molar-refractivity contribution in [3.8, 4) is 11.4 Å². The molecule has 0 radical (unpaired) electrons. The maximum atomic E-state index is 13.4. The van der Waals surface area contributed by atoms with E-state index >= 15 is 0 Å². The average Bonchev–Trinajstić information content (AvgIpc) is 3.28. The third-order valence-corrected chi connectivity index (χ3v) is 7.88. The summed E-state index contributed by atoms with van der Waals surface area (Å²) in [6, 6.07) is 16.9. The van der Waals surface area contributed by atoms with Gasteiger partial charge in [0, 0.05) is 29.3 Å². The van der Waals surface area contributed by atoms with E-state index in [4.69, 9.17) is 0 Å². The van der Waals surface area contributed by atoms with E-state index in [1.54, 1.807) is 6.07 Å². The first kappa shape index (κ1) is 24.1. The van der Waals surface area contributed by atoms with Crippen LogP contribution in [0.25, 0.3) is 22.4 Å². The number of sulfonamides is 1. The number of H-pyrrole nitrogens is 1. The number of fused-ring (bicyclic) bond motifs is 1. The van der Waals surface area contributed by atoms with E-state index in [2.05, 4.69) is 20.0 Å². The molecule has 0 atom stereocenters. The molecule has 7 nitrogen and oxygen atoms in total. The van der Waals surface area contributed by atoms with E-state index in [0.717, 1.165) is 29.3 Å². The quantitative estimate of drug-likeness (QED) is 0.340. The molecule has 3 N–H and O–H groups in total. The number of hydrogen-bond acceptors (Lipinski definition) is 4. The largest absolute Gasteiger partial charge is 0.338 e. The van der Waals surface area contributed by atoms with Gasteiger partial charge in [-0.15, -0.1) is 0 Å². The zero-order valence-electron chi connectivity index (χ0n) is 19.2. The first-order chi connectivity index (χ1) is 17.3. The van der Waals surface area contributed by atoms with Crippen molar-refractivity contribution in [3.63, 3.8) is 0 Å². The number of amides is 1. The van der Waals surface area contributed by atoms with Crippen molar-refractivity contribution in [1.29, 1.82) is 0 Å². The first-order valence-electron chi connectivity index (χ1n) is 11.6. The summed E-state index contributed by atoms with van der Waals surface area (Å²) in [5.41, 5.74) is 2.24. The molecule has 1 aliphatic rings. The van der Waals surface area contributed by atoms with Crippen LogP contribution in [0.4, 0.5) is 14.5 Å². The fraction of sp³-hybridized carbons (Fsp3) is 0.231. The third-order valence-electron chi connectivity index (χ3n) is 6.36. The van der Waals surface area contributed by atoms with E-state index in [-0.39, 0.29) is 28.4 Å². The number of hydrogen-bond donors (Lipinski definition) is 3. The van der Waals surface area contributed by atoms with Gasteiger partial charge in [0.05, 0.1) is 15.9 Å². The average molecular weight is 511 g/mol. The van der Waals surface area contributed by atoms with Crippen LogP contribution in [0, 0.1) is 17.6 Å². The van der Waals surface area contributed by atoms with Crippen LogP contribution in [0.1, 0.15) is 25.7 Å². The van der Waals surface area contributed by atoms with Gasteiger partial charge in [0.15, 0.2) is 0 Å². The van der Waals surface area contributed by atoms with Crippen molar-refractivity contribution in [2.45, 2.75) is 36.6 Å². The predicted octanol–water partition coefficient (Wildman–Crippen LogP) is 4.98. The number of imidazole rings is 1. The second-order valence-electron chi connectivity index (χ2n) is 8.95. The standard InChI is InChI=1S/C26H24F2N4O3S/c27-18-12-19(28)14-21(13-18)29-26(33)17-6-8-20(9-7-17)32-36(34,35)22-10-11-23-24(15-22)31-25(30-23)16-4-2-1-3-5-16/h1-5,10-15,17,20,32H,6-9H2,(H,29,33)(H,30,31)/t17-,20-. The molecular weight excluding hydrogens is 486 g/mol. The summed E-state index contributed by atoms with van der Waals surface area (Å²) in [5.74, 6) is -1.58. The lowest BCUT2D eigenvalue weighted by Gasteiger charge is -2.28. The molecule has 36 heavy (non-hydrogen) atoms. The Morgan fingerprint density at radius 2 is 1.61 bits per heavy atom. The summed E-state index contributed by atoms with van der Waals surface area (Å²) in [6.07, 6.45) is 1.85. The Balaban J connectivity index is 1.22. The Kier molecular flexibility index (Phi) is 6.55. The topological polar surface area (TPSA) is 104 Å². The number of aromatic amines is 1. The maximum Gasteiger partial charge on any atom is 0.240 e. The molecule has 3 aromatic carbocycles. The highest BCUT2D eigenvalue weighted by Gasteiger charge is 2.29. The minimum absolute atomic E-state index is 0.0597. The van der Waals surface area contributed by atoms with Crippen LogP contribution >= 0.6 is 0 Å². The highest BCUT2D eigenvalue weighted by atomic mass is 32.2. The Labute approximate surface area is 207 Å². The van der Waals surface area contributed by atoms with E-state index in [0.29, 0.717) is 37.0 Å². The Bertz CT molecular complexity index is 1490. The van der Waals surface area contributed by atoms with Crippen LogP contribution in [0.15, 0.2) is 71.6 Å². The van der Waals surface area contributed by atoms with Gasteiger partial charge in [0.1, 0.15) is 17.5 Å². The molecule has 0 bridgehead atoms. The minimum atomic E-state index is -3.79. The molecule has 10 heteroatoms. The fourth-order valence-corrected chi connectivity index (χ4v) is 5.84. The van der Waals surface area contributed by atoms with Crippen LogP contribution in [0.5, 0.6) is 0 Å². The summed E-state index contributed by atoms with van der Waals surface area (Å²) in [6.45, 7) is 0. The van der Waals surface area contributed by atoms with E-state index < -0.39 is 21.7 Å². The molecule has 0 aliphatic heterocycles. The number of carbonyl (C=O) groups excluding carboxylic acids is 1. The summed E-state index contributed by atoms with van der Waals surface area (Å²) < 4.78 is 55.6.